The molecule has 1 aromatic rings. The highest BCUT2D eigenvalue weighted by Crippen LogP contribution is 2.20. The van der Waals surface area contributed by atoms with Gasteiger partial charge < -0.3 is 10.2 Å². The van der Waals surface area contributed by atoms with E-state index in [-0.39, 0.29) is 30.8 Å². The summed E-state index contributed by atoms with van der Waals surface area (Å²) in [6.07, 6.45) is 0.136. The number of halogens is 3. The predicted octanol–water partition coefficient (Wildman–Crippen LogP) is 1.68. The normalized spacial score (nSPS) is 18.8. The van der Waals surface area contributed by atoms with Crippen LogP contribution in [0.1, 0.15) is 30.4 Å². The summed E-state index contributed by atoms with van der Waals surface area (Å²) in [7, 11) is 0. The monoisotopic (exact) mass is 322 g/mol. The minimum absolute atomic E-state index is 0. The lowest BCUT2D eigenvalue weighted by Crippen LogP contribution is -2.51. The largest absolute Gasteiger partial charge is 0.340 e. The molecule has 2 heterocycles. The van der Waals surface area contributed by atoms with E-state index >= 15 is 0 Å². The van der Waals surface area contributed by atoms with Gasteiger partial charge in [0.1, 0.15) is 0 Å². The van der Waals surface area contributed by atoms with E-state index in [9.17, 15) is 13.6 Å². The van der Waals surface area contributed by atoms with E-state index in [0.717, 1.165) is 6.54 Å². The second-order valence-electron chi connectivity index (χ2n) is 5.24. The Morgan fingerprint density at radius 2 is 2.14 bits per heavy atom. The number of nitrogens with zero attached hydrogens (tertiary/aromatic N) is 3. The SMILES string of the molecule is Cc1nn(C(F)F)c(C)c1CC(=O)N1CCNC(C)C1.Cl. The smallest absolute Gasteiger partial charge is 0.333 e. The van der Waals surface area contributed by atoms with Crippen LogP contribution < -0.4 is 5.32 Å². The number of nitrogens with one attached hydrogen (secondary N) is 1. The molecule has 0 spiro atoms. The van der Waals surface area contributed by atoms with Crippen molar-refractivity contribution in [2.45, 2.75) is 39.8 Å². The lowest BCUT2D eigenvalue weighted by molar-refractivity contribution is -0.131. The van der Waals surface area contributed by atoms with Crippen molar-refractivity contribution in [3.8, 4) is 0 Å². The van der Waals surface area contributed by atoms with Gasteiger partial charge in [-0.15, -0.1) is 12.4 Å². The minimum atomic E-state index is -2.67. The van der Waals surface area contributed by atoms with E-state index in [1.807, 2.05) is 6.92 Å². The molecule has 8 heteroatoms. The molecule has 21 heavy (non-hydrogen) atoms. The first kappa shape index (κ1) is 17.8. The van der Waals surface area contributed by atoms with Crippen LogP contribution in [0.4, 0.5) is 8.78 Å². The fraction of sp³-hybridized carbons (Fsp3) is 0.692. The molecule has 0 radical (unpaired) electrons. The average molecular weight is 323 g/mol. The molecule has 2 rings (SSSR count). The summed E-state index contributed by atoms with van der Waals surface area (Å²) >= 11 is 0. The first-order chi connectivity index (χ1) is 9.40. The van der Waals surface area contributed by atoms with E-state index in [2.05, 4.69) is 10.4 Å². The average Bonchev–Trinajstić information content (AvgIpc) is 2.67. The topological polar surface area (TPSA) is 50.2 Å². The molecule has 1 amide bonds. The van der Waals surface area contributed by atoms with Crippen molar-refractivity contribution in [1.29, 1.82) is 0 Å². The van der Waals surface area contributed by atoms with Crippen LogP contribution in [0.15, 0.2) is 0 Å². The van der Waals surface area contributed by atoms with Crippen molar-refractivity contribution in [1.82, 2.24) is 20.0 Å². The Morgan fingerprint density at radius 1 is 1.48 bits per heavy atom. The third-order valence-electron chi connectivity index (χ3n) is 3.71. The number of aromatic nitrogens is 2. The maximum atomic E-state index is 12.8. The summed E-state index contributed by atoms with van der Waals surface area (Å²) in [6, 6.07) is 0.263. The fourth-order valence-electron chi connectivity index (χ4n) is 2.56. The molecule has 5 nitrogen and oxygen atoms in total. The van der Waals surface area contributed by atoms with Crippen LogP contribution in [-0.2, 0) is 11.2 Å². The van der Waals surface area contributed by atoms with Crippen molar-refractivity contribution in [2.75, 3.05) is 19.6 Å². The first-order valence-corrected chi connectivity index (χ1v) is 6.74. The molecule has 0 aromatic carbocycles. The van der Waals surface area contributed by atoms with E-state index in [4.69, 9.17) is 0 Å². The summed E-state index contributed by atoms with van der Waals surface area (Å²) in [6.45, 7) is 4.66. The number of rotatable bonds is 3. The summed E-state index contributed by atoms with van der Waals surface area (Å²) in [5, 5.41) is 7.07. The lowest BCUT2D eigenvalue weighted by atomic mass is 10.1. The van der Waals surface area contributed by atoms with Gasteiger partial charge in [0.05, 0.1) is 12.1 Å². The maximum absolute atomic E-state index is 12.8. The quantitative estimate of drug-likeness (QED) is 0.921. The van der Waals surface area contributed by atoms with Crippen LogP contribution in [0.5, 0.6) is 0 Å². The number of carbonyl (C=O) groups excluding carboxylic acids is 1. The number of hydrogen-bond acceptors (Lipinski definition) is 3. The molecular formula is C13H21ClF2N4O. The van der Waals surface area contributed by atoms with Gasteiger partial charge in [-0.3, -0.25) is 4.79 Å². The predicted molar refractivity (Wildman–Crippen MR) is 78.0 cm³/mol. The highest BCUT2D eigenvalue weighted by atomic mass is 35.5. The molecule has 1 fully saturated rings. The van der Waals surface area contributed by atoms with Gasteiger partial charge in [0, 0.05) is 36.9 Å². The second kappa shape index (κ2) is 7.17. The molecule has 0 saturated carbocycles. The van der Waals surface area contributed by atoms with E-state index in [0.29, 0.717) is 34.7 Å². The van der Waals surface area contributed by atoms with Crippen molar-refractivity contribution in [2.24, 2.45) is 0 Å². The Balaban J connectivity index is 0.00000220. The van der Waals surface area contributed by atoms with E-state index < -0.39 is 6.55 Å². The van der Waals surface area contributed by atoms with Crippen molar-refractivity contribution in [3.05, 3.63) is 17.0 Å². The van der Waals surface area contributed by atoms with Crippen molar-refractivity contribution in [3.63, 3.8) is 0 Å². The summed E-state index contributed by atoms with van der Waals surface area (Å²) in [4.78, 5) is 14.0. The molecule has 1 atom stereocenters. The maximum Gasteiger partial charge on any atom is 0.333 e. The molecule has 1 N–H and O–H groups in total. The van der Waals surface area contributed by atoms with Gasteiger partial charge in [-0.2, -0.15) is 13.9 Å². The molecule has 1 aromatic heterocycles. The Hall–Kier alpha value is -1.21. The Morgan fingerprint density at radius 3 is 2.67 bits per heavy atom. The van der Waals surface area contributed by atoms with Gasteiger partial charge in [0.15, 0.2) is 0 Å². The molecule has 1 saturated heterocycles. The Kier molecular flexibility index (Phi) is 6.10. The zero-order chi connectivity index (χ0) is 14.9. The van der Waals surface area contributed by atoms with Gasteiger partial charge in [-0.25, -0.2) is 4.68 Å². The summed E-state index contributed by atoms with van der Waals surface area (Å²) in [5.41, 5.74) is 1.48. The van der Waals surface area contributed by atoms with Gasteiger partial charge >= 0.3 is 6.55 Å². The summed E-state index contributed by atoms with van der Waals surface area (Å²) < 4.78 is 26.2. The van der Waals surface area contributed by atoms with Crippen LogP contribution >= 0.6 is 12.4 Å². The first-order valence-electron chi connectivity index (χ1n) is 6.74. The van der Waals surface area contributed by atoms with Gasteiger partial charge in [0.25, 0.3) is 0 Å². The van der Waals surface area contributed by atoms with Crippen LogP contribution in [0, 0.1) is 13.8 Å². The Labute approximate surface area is 129 Å². The standard InChI is InChI=1S/C13H20F2N4O.ClH/c1-8-7-18(5-4-16-8)12(20)6-11-9(2)17-19(10(11)3)13(14)15;/h8,13,16H,4-7H2,1-3H3;1H. The molecule has 1 unspecified atom stereocenters. The number of aryl methyl sites for hydroxylation is 1. The number of amides is 1. The molecule has 120 valence electrons. The fourth-order valence-corrected chi connectivity index (χ4v) is 2.56. The van der Waals surface area contributed by atoms with Gasteiger partial charge in [-0.1, -0.05) is 0 Å². The van der Waals surface area contributed by atoms with Crippen LogP contribution in [0.25, 0.3) is 0 Å². The molecule has 0 bridgehead atoms. The number of piperazine rings is 1. The number of carbonyl (C=O) groups is 1. The minimum Gasteiger partial charge on any atom is -0.340 e. The highest BCUT2D eigenvalue weighted by molar-refractivity contribution is 5.85. The van der Waals surface area contributed by atoms with Crippen molar-refractivity contribution >= 4 is 18.3 Å². The summed E-state index contributed by atoms with van der Waals surface area (Å²) in [5.74, 6) is -0.0293. The number of alkyl halides is 2. The number of hydrogen-bond donors (Lipinski definition) is 1. The molecule has 0 aliphatic carbocycles. The Bertz CT molecular complexity index is 507. The van der Waals surface area contributed by atoms with E-state index in [1.165, 1.54) is 0 Å². The zero-order valence-electron chi connectivity index (χ0n) is 12.4. The third kappa shape index (κ3) is 3.91. The molecular weight excluding hydrogens is 302 g/mol. The second-order valence-corrected chi connectivity index (χ2v) is 5.24. The lowest BCUT2D eigenvalue weighted by Gasteiger charge is -2.32. The van der Waals surface area contributed by atoms with Crippen LogP contribution in [-0.4, -0.2) is 46.3 Å². The molecule has 1 aliphatic rings. The van der Waals surface area contributed by atoms with Crippen molar-refractivity contribution < 1.29 is 13.6 Å². The van der Waals surface area contributed by atoms with Gasteiger partial charge in [0.2, 0.25) is 5.91 Å². The van der Waals surface area contributed by atoms with E-state index in [1.54, 1.807) is 18.7 Å². The van der Waals surface area contributed by atoms with Crippen LogP contribution in [0.2, 0.25) is 0 Å². The van der Waals surface area contributed by atoms with Crippen LogP contribution in [0.3, 0.4) is 0 Å². The van der Waals surface area contributed by atoms with Gasteiger partial charge in [-0.05, 0) is 20.8 Å². The highest BCUT2D eigenvalue weighted by Gasteiger charge is 2.24. The zero-order valence-corrected chi connectivity index (χ0v) is 13.2. The third-order valence-corrected chi connectivity index (χ3v) is 3.71. The molecule has 1 aliphatic heterocycles.